The molecule has 5 nitrogen and oxygen atoms in total. The van der Waals surface area contributed by atoms with E-state index in [2.05, 4.69) is 16.8 Å². The number of hydrogen-bond acceptors (Lipinski definition) is 5. The first kappa shape index (κ1) is 20.9. The Hall–Kier alpha value is -3.31. The van der Waals surface area contributed by atoms with Gasteiger partial charge in [0, 0.05) is 31.9 Å². The van der Waals surface area contributed by atoms with Crippen LogP contribution in [-0.2, 0) is 18.0 Å². The molecule has 1 aliphatic rings. The van der Waals surface area contributed by atoms with Gasteiger partial charge in [-0.3, -0.25) is 0 Å². The lowest BCUT2D eigenvalue weighted by atomic mass is 10.1. The Balaban J connectivity index is 1.53. The fourth-order valence-corrected chi connectivity index (χ4v) is 3.60. The second-order valence-corrected chi connectivity index (χ2v) is 7.81. The van der Waals surface area contributed by atoms with Gasteiger partial charge in [0.25, 0.3) is 0 Å². The van der Waals surface area contributed by atoms with Crippen LogP contribution in [-0.4, -0.2) is 44.1 Å². The molecule has 0 spiro atoms. The minimum atomic E-state index is -0.372. The zero-order valence-electron chi connectivity index (χ0n) is 17.9. The molecule has 160 valence electrons. The monoisotopic (exact) mass is 416 g/mol. The van der Waals surface area contributed by atoms with Crippen molar-refractivity contribution >= 4 is 11.7 Å². The van der Waals surface area contributed by atoms with Crippen LogP contribution in [0.25, 0.3) is 0 Å². The molecule has 31 heavy (non-hydrogen) atoms. The van der Waals surface area contributed by atoms with Crippen molar-refractivity contribution in [1.82, 2.24) is 4.90 Å². The average Bonchev–Trinajstić information content (AvgIpc) is 2.83. The summed E-state index contributed by atoms with van der Waals surface area (Å²) in [6.45, 7) is 4.49. The Bertz CT molecular complexity index is 984. The van der Waals surface area contributed by atoms with Gasteiger partial charge in [0.05, 0.1) is 0 Å². The predicted octanol–water partition coefficient (Wildman–Crippen LogP) is 4.37. The summed E-state index contributed by atoms with van der Waals surface area (Å²) in [5.74, 6) is 0.169. The van der Waals surface area contributed by atoms with E-state index in [9.17, 15) is 4.79 Å². The molecule has 0 radical (unpaired) electrons. The standard InChI is InChI=1S/C26H28N2O3/c1-27-14-16-28(17-15-27)23-12-13-25(30-19-21-8-4-2-5-9-21)24(18-23)26(29)31-20-22-10-6-3-7-11-22/h2-13,18H,14-17,19-20H2,1H3. The summed E-state index contributed by atoms with van der Waals surface area (Å²) in [6, 6.07) is 25.5. The van der Waals surface area contributed by atoms with Gasteiger partial charge in [-0.15, -0.1) is 0 Å². The molecule has 0 unspecified atom stereocenters. The Morgan fingerprint density at radius 3 is 2.06 bits per heavy atom. The van der Waals surface area contributed by atoms with Crippen molar-refractivity contribution in [2.24, 2.45) is 0 Å². The summed E-state index contributed by atoms with van der Waals surface area (Å²) in [7, 11) is 2.13. The van der Waals surface area contributed by atoms with Crippen molar-refractivity contribution in [3.05, 3.63) is 95.6 Å². The van der Waals surface area contributed by atoms with Gasteiger partial charge in [-0.05, 0) is 36.4 Å². The number of hydrogen-bond donors (Lipinski definition) is 0. The molecule has 1 aliphatic heterocycles. The topological polar surface area (TPSA) is 42.0 Å². The van der Waals surface area contributed by atoms with E-state index in [1.807, 2.05) is 78.9 Å². The lowest BCUT2D eigenvalue weighted by Crippen LogP contribution is -2.44. The van der Waals surface area contributed by atoms with Crippen LogP contribution in [0, 0.1) is 0 Å². The molecule has 0 atom stereocenters. The molecular weight excluding hydrogens is 388 g/mol. The summed E-state index contributed by atoms with van der Waals surface area (Å²) in [4.78, 5) is 17.6. The molecule has 1 fully saturated rings. The van der Waals surface area contributed by atoms with Gasteiger partial charge in [-0.1, -0.05) is 60.7 Å². The van der Waals surface area contributed by atoms with E-state index in [-0.39, 0.29) is 12.6 Å². The second kappa shape index (κ2) is 10.1. The third-order valence-electron chi connectivity index (χ3n) is 5.50. The average molecular weight is 417 g/mol. The van der Waals surface area contributed by atoms with Crippen LogP contribution in [0.3, 0.4) is 0 Å². The number of anilines is 1. The quantitative estimate of drug-likeness (QED) is 0.535. The Morgan fingerprint density at radius 2 is 1.42 bits per heavy atom. The number of esters is 1. The van der Waals surface area contributed by atoms with Crippen molar-refractivity contribution < 1.29 is 14.3 Å². The number of ether oxygens (including phenoxy) is 2. The van der Waals surface area contributed by atoms with Crippen molar-refractivity contribution in [3.8, 4) is 5.75 Å². The van der Waals surface area contributed by atoms with Gasteiger partial charge in [-0.25, -0.2) is 4.79 Å². The first-order valence-electron chi connectivity index (χ1n) is 10.6. The van der Waals surface area contributed by atoms with Crippen LogP contribution < -0.4 is 9.64 Å². The molecule has 3 aromatic carbocycles. The normalized spacial score (nSPS) is 14.3. The Kier molecular flexibility index (Phi) is 6.85. The molecule has 4 rings (SSSR count). The number of carbonyl (C=O) groups excluding carboxylic acids is 1. The van der Waals surface area contributed by atoms with Gasteiger partial charge in [-0.2, -0.15) is 0 Å². The van der Waals surface area contributed by atoms with Gasteiger partial charge in [0.15, 0.2) is 0 Å². The van der Waals surface area contributed by atoms with Crippen molar-refractivity contribution in [2.45, 2.75) is 13.2 Å². The van der Waals surface area contributed by atoms with Crippen molar-refractivity contribution in [2.75, 3.05) is 38.1 Å². The maximum atomic E-state index is 13.0. The highest BCUT2D eigenvalue weighted by Crippen LogP contribution is 2.28. The van der Waals surface area contributed by atoms with Crippen LogP contribution >= 0.6 is 0 Å². The molecule has 0 amide bonds. The predicted molar refractivity (Wildman–Crippen MR) is 122 cm³/mol. The number of nitrogens with zero attached hydrogens (tertiary/aromatic N) is 2. The van der Waals surface area contributed by atoms with E-state index in [1.54, 1.807) is 0 Å². The second-order valence-electron chi connectivity index (χ2n) is 7.81. The summed E-state index contributed by atoms with van der Waals surface area (Å²) in [5, 5.41) is 0. The maximum Gasteiger partial charge on any atom is 0.342 e. The number of likely N-dealkylation sites (N-methyl/N-ethyl adjacent to an activating group) is 1. The number of piperazine rings is 1. The molecule has 0 saturated carbocycles. The highest BCUT2D eigenvalue weighted by Gasteiger charge is 2.20. The van der Waals surface area contributed by atoms with Gasteiger partial charge >= 0.3 is 5.97 Å². The third kappa shape index (κ3) is 5.64. The fourth-order valence-electron chi connectivity index (χ4n) is 3.60. The van der Waals surface area contributed by atoms with E-state index in [1.165, 1.54) is 0 Å². The summed E-state index contributed by atoms with van der Waals surface area (Å²) in [6.07, 6.45) is 0. The highest BCUT2D eigenvalue weighted by atomic mass is 16.5. The van der Waals surface area contributed by atoms with Crippen molar-refractivity contribution in [1.29, 1.82) is 0 Å². The van der Waals surface area contributed by atoms with E-state index in [0.717, 1.165) is 43.0 Å². The molecule has 0 bridgehead atoms. The lowest BCUT2D eigenvalue weighted by Gasteiger charge is -2.34. The molecule has 1 heterocycles. The summed E-state index contributed by atoms with van der Waals surface area (Å²) in [5.41, 5.74) is 3.49. The van der Waals surface area contributed by atoms with Gasteiger partial charge in [0.2, 0.25) is 0 Å². The highest BCUT2D eigenvalue weighted by molar-refractivity contribution is 5.93. The largest absolute Gasteiger partial charge is 0.488 e. The molecule has 3 aromatic rings. The number of rotatable bonds is 7. The minimum Gasteiger partial charge on any atom is -0.488 e. The Labute approximate surface area is 183 Å². The van der Waals surface area contributed by atoms with E-state index in [4.69, 9.17) is 9.47 Å². The van der Waals surface area contributed by atoms with Gasteiger partial charge < -0.3 is 19.3 Å². The van der Waals surface area contributed by atoms with Crippen LogP contribution in [0.1, 0.15) is 21.5 Å². The molecule has 5 heteroatoms. The summed E-state index contributed by atoms with van der Waals surface area (Å²) < 4.78 is 11.6. The van der Waals surface area contributed by atoms with Crippen LogP contribution in [0.2, 0.25) is 0 Å². The first-order valence-corrected chi connectivity index (χ1v) is 10.6. The zero-order valence-corrected chi connectivity index (χ0v) is 17.9. The molecule has 0 aromatic heterocycles. The summed E-state index contributed by atoms with van der Waals surface area (Å²) >= 11 is 0. The number of benzene rings is 3. The van der Waals surface area contributed by atoms with Gasteiger partial charge in [0.1, 0.15) is 24.5 Å². The third-order valence-corrected chi connectivity index (χ3v) is 5.50. The molecule has 0 N–H and O–H groups in total. The zero-order chi connectivity index (χ0) is 21.5. The SMILES string of the molecule is CN1CCN(c2ccc(OCc3ccccc3)c(C(=O)OCc3ccccc3)c2)CC1. The van der Waals surface area contributed by atoms with Crippen LogP contribution in [0.5, 0.6) is 5.75 Å². The fraction of sp³-hybridized carbons (Fsp3) is 0.269. The van der Waals surface area contributed by atoms with E-state index >= 15 is 0 Å². The molecule has 1 saturated heterocycles. The smallest absolute Gasteiger partial charge is 0.342 e. The number of carbonyl (C=O) groups is 1. The maximum absolute atomic E-state index is 13.0. The Morgan fingerprint density at radius 1 is 0.806 bits per heavy atom. The molecular formula is C26H28N2O3. The first-order chi connectivity index (χ1) is 15.2. The minimum absolute atomic E-state index is 0.233. The van der Waals surface area contributed by atoms with Crippen LogP contribution in [0.15, 0.2) is 78.9 Å². The van der Waals surface area contributed by atoms with E-state index < -0.39 is 0 Å². The van der Waals surface area contributed by atoms with Crippen molar-refractivity contribution in [3.63, 3.8) is 0 Å². The van der Waals surface area contributed by atoms with E-state index in [0.29, 0.717) is 17.9 Å². The lowest BCUT2D eigenvalue weighted by molar-refractivity contribution is 0.0467. The molecule has 0 aliphatic carbocycles. The van der Waals surface area contributed by atoms with Crippen LogP contribution in [0.4, 0.5) is 5.69 Å².